The third-order valence-electron chi connectivity index (χ3n) is 3.91. The lowest BCUT2D eigenvalue weighted by Gasteiger charge is -2.19. The van der Waals surface area contributed by atoms with Gasteiger partial charge in [-0.05, 0) is 19.9 Å². The van der Waals surface area contributed by atoms with E-state index in [1.807, 2.05) is 24.5 Å². The smallest absolute Gasteiger partial charge is 0.308 e. The Morgan fingerprint density at radius 3 is 2.70 bits per heavy atom. The van der Waals surface area contributed by atoms with E-state index in [2.05, 4.69) is 15.4 Å². The topological polar surface area (TPSA) is 104 Å². The number of carbonyl (C=O) groups excluding carboxylic acids is 1. The average Bonchev–Trinajstić information content (AvgIpc) is 3.10. The molecule has 0 saturated heterocycles. The van der Waals surface area contributed by atoms with Gasteiger partial charge in [-0.1, -0.05) is 6.92 Å². The third-order valence-corrected chi connectivity index (χ3v) is 3.91. The highest BCUT2D eigenvalue weighted by molar-refractivity contribution is 5.95. The average molecular weight is 319 g/mol. The fourth-order valence-corrected chi connectivity index (χ4v) is 2.50. The molecule has 23 heavy (non-hydrogen) atoms. The molecule has 0 radical (unpaired) electrons. The van der Waals surface area contributed by atoms with Crippen LogP contribution in [0.5, 0.6) is 0 Å². The van der Waals surface area contributed by atoms with E-state index in [4.69, 9.17) is 5.11 Å². The van der Waals surface area contributed by atoms with Crippen molar-refractivity contribution in [3.63, 3.8) is 0 Å². The van der Waals surface area contributed by atoms with Gasteiger partial charge in [-0.3, -0.25) is 9.59 Å². The van der Waals surface area contributed by atoms with Gasteiger partial charge < -0.3 is 14.6 Å². The number of nitrogens with zero attached hydrogens (tertiary/aromatic N) is 4. The number of aromatic nitrogens is 4. The maximum Gasteiger partial charge on any atom is 0.308 e. The molecule has 2 heterocycles. The van der Waals surface area contributed by atoms with Crippen molar-refractivity contribution in [1.82, 2.24) is 24.9 Å². The lowest BCUT2D eigenvalue weighted by molar-refractivity contribution is -0.141. The molecule has 8 nitrogen and oxygen atoms in total. The zero-order valence-electron chi connectivity index (χ0n) is 13.7. The second-order valence-corrected chi connectivity index (χ2v) is 5.76. The summed E-state index contributed by atoms with van der Waals surface area (Å²) in [4.78, 5) is 25.0. The van der Waals surface area contributed by atoms with Crippen molar-refractivity contribution in [1.29, 1.82) is 0 Å². The SMILES string of the molecule is Cc1cc(C(=O)N(C)CC(C)C(=O)O)c(C)n1Cc1cn[nH]n1. The maximum atomic E-state index is 12.6. The zero-order valence-corrected chi connectivity index (χ0v) is 13.7. The molecule has 2 aromatic heterocycles. The van der Waals surface area contributed by atoms with E-state index in [1.165, 1.54) is 4.90 Å². The van der Waals surface area contributed by atoms with E-state index in [9.17, 15) is 9.59 Å². The molecule has 2 N–H and O–H groups in total. The normalized spacial score (nSPS) is 12.2. The summed E-state index contributed by atoms with van der Waals surface area (Å²) in [6.45, 7) is 6.07. The first-order valence-corrected chi connectivity index (χ1v) is 7.31. The molecule has 0 aromatic carbocycles. The first kappa shape index (κ1) is 16.7. The van der Waals surface area contributed by atoms with Crippen LogP contribution in [-0.4, -0.2) is 55.5 Å². The number of aliphatic carboxylic acids is 1. The molecule has 0 fully saturated rings. The highest BCUT2D eigenvalue weighted by atomic mass is 16.4. The Labute approximate surface area is 134 Å². The lowest BCUT2D eigenvalue weighted by atomic mass is 10.1. The van der Waals surface area contributed by atoms with Gasteiger partial charge in [0, 0.05) is 25.0 Å². The minimum absolute atomic E-state index is 0.168. The van der Waals surface area contributed by atoms with E-state index in [1.54, 1.807) is 20.2 Å². The van der Waals surface area contributed by atoms with Crippen LogP contribution < -0.4 is 0 Å². The van der Waals surface area contributed by atoms with Crippen LogP contribution in [-0.2, 0) is 11.3 Å². The number of H-pyrrole nitrogens is 1. The molecule has 0 aliphatic heterocycles. The molecule has 1 amide bonds. The van der Waals surface area contributed by atoms with Crippen molar-refractivity contribution < 1.29 is 14.7 Å². The van der Waals surface area contributed by atoms with Crippen LogP contribution in [0.15, 0.2) is 12.3 Å². The van der Waals surface area contributed by atoms with Gasteiger partial charge in [0.2, 0.25) is 0 Å². The summed E-state index contributed by atoms with van der Waals surface area (Å²) < 4.78 is 1.99. The monoisotopic (exact) mass is 319 g/mol. The number of carboxylic acid groups (broad SMARTS) is 1. The van der Waals surface area contributed by atoms with Gasteiger partial charge >= 0.3 is 5.97 Å². The number of aryl methyl sites for hydroxylation is 1. The summed E-state index contributed by atoms with van der Waals surface area (Å²) in [5.74, 6) is -1.71. The van der Waals surface area contributed by atoms with Crippen LogP contribution >= 0.6 is 0 Å². The Bertz CT molecular complexity index is 705. The molecule has 0 saturated carbocycles. The van der Waals surface area contributed by atoms with Gasteiger partial charge in [0.05, 0.1) is 24.2 Å². The van der Waals surface area contributed by atoms with Crippen molar-refractivity contribution in [3.8, 4) is 0 Å². The molecule has 8 heteroatoms. The van der Waals surface area contributed by atoms with Crippen molar-refractivity contribution >= 4 is 11.9 Å². The molecule has 2 aromatic rings. The van der Waals surface area contributed by atoms with Crippen molar-refractivity contribution in [2.45, 2.75) is 27.3 Å². The quantitative estimate of drug-likeness (QED) is 0.828. The standard InChI is InChI=1S/C15H21N5O3/c1-9(15(22)23)7-19(4)14(21)13-5-10(2)20(11(13)3)8-12-6-16-18-17-12/h5-6,9H,7-8H2,1-4H3,(H,22,23)(H,16,17,18). The predicted molar refractivity (Wildman–Crippen MR) is 83.2 cm³/mol. The van der Waals surface area contributed by atoms with E-state index >= 15 is 0 Å². The van der Waals surface area contributed by atoms with Crippen molar-refractivity contribution in [3.05, 3.63) is 34.9 Å². The summed E-state index contributed by atoms with van der Waals surface area (Å²) >= 11 is 0. The minimum Gasteiger partial charge on any atom is -0.481 e. The van der Waals surface area contributed by atoms with Gasteiger partial charge in [0.1, 0.15) is 5.69 Å². The number of rotatable bonds is 6. The van der Waals surface area contributed by atoms with Gasteiger partial charge in [-0.25, -0.2) is 0 Å². The second kappa shape index (κ2) is 6.64. The molecular formula is C15H21N5O3. The highest BCUT2D eigenvalue weighted by Gasteiger charge is 2.22. The van der Waals surface area contributed by atoms with E-state index in [0.29, 0.717) is 12.1 Å². The van der Waals surface area contributed by atoms with Gasteiger partial charge in [0.15, 0.2) is 0 Å². The molecular weight excluding hydrogens is 298 g/mol. The Morgan fingerprint density at radius 2 is 2.13 bits per heavy atom. The molecule has 2 rings (SSSR count). The summed E-state index contributed by atoms with van der Waals surface area (Å²) in [5.41, 5.74) is 3.11. The Hall–Kier alpha value is -2.64. The van der Waals surface area contributed by atoms with Crippen LogP contribution in [0.4, 0.5) is 0 Å². The predicted octanol–water partition coefficient (Wildman–Crippen LogP) is 1.06. The maximum absolute atomic E-state index is 12.6. The number of amides is 1. The summed E-state index contributed by atoms with van der Waals surface area (Å²) in [6.07, 6.45) is 1.64. The molecule has 0 spiro atoms. The van der Waals surface area contributed by atoms with E-state index in [-0.39, 0.29) is 12.5 Å². The summed E-state index contributed by atoms with van der Waals surface area (Å²) in [5, 5.41) is 19.3. The first-order valence-electron chi connectivity index (χ1n) is 7.31. The molecule has 1 atom stereocenters. The van der Waals surface area contributed by atoms with Gasteiger partial charge in [-0.15, -0.1) is 0 Å². The van der Waals surface area contributed by atoms with Gasteiger partial charge in [-0.2, -0.15) is 15.4 Å². The summed E-state index contributed by atoms with van der Waals surface area (Å²) in [6, 6.07) is 1.82. The summed E-state index contributed by atoms with van der Waals surface area (Å²) in [7, 11) is 1.62. The van der Waals surface area contributed by atoms with E-state index < -0.39 is 11.9 Å². The molecule has 0 aliphatic rings. The number of hydrogen-bond acceptors (Lipinski definition) is 4. The highest BCUT2D eigenvalue weighted by Crippen LogP contribution is 2.18. The molecule has 0 bridgehead atoms. The molecule has 124 valence electrons. The number of carboxylic acids is 1. The number of nitrogens with one attached hydrogen (secondary N) is 1. The Morgan fingerprint density at radius 1 is 1.43 bits per heavy atom. The van der Waals surface area contributed by atoms with Crippen molar-refractivity contribution in [2.75, 3.05) is 13.6 Å². The van der Waals surface area contributed by atoms with Crippen LogP contribution in [0.3, 0.4) is 0 Å². The van der Waals surface area contributed by atoms with Crippen LogP contribution in [0.25, 0.3) is 0 Å². The zero-order chi connectivity index (χ0) is 17.1. The number of carbonyl (C=O) groups is 2. The lowest BCUT2D eigenvalue weighted by Crippen LogP contribution is -2.33. The fourth-order valence-electron chi connectivity index (χ4n) is 2.50. The second-order valence-electron chi connectivity index (χ2n) is 5.76. The first-order chi connectivity index (χ1) is 10.8. The number of hydrogen-bond donors (Lipinski definition) is 2. The fraction of sp³-hybridized carbons (Fsp3) is 0.467. The largest absolute Gasteiger partial charge is 0.481 e. The Kier molecular flexibility index (Phi) is 4.83. The van der Waals surface area contributed by atoms with Gasteiger partial charge in [0.25, 0.3) is 5.91 Å². The van der Waals surface area contributed by atoms with Crippen LogP contribution in [0.2, 0.25) is 0 Å². The van der Waals surface area contributed by atoms with Crippen molar-refractivity contribution in [2.24, 2.45) is 5.92 Å². The van der Waals surface area contributed by atoms with Crippen LogP contribution in [0, 0.1) is 19.8 Å². The number of aromatic amines is 1. The van der Waals surface area contributed by atoms with E-state index in [0.717, 1.165) is 17.1 Å². The Balaban J connectivity index is 2.19. The molecule has 0 aliphatic carbocycles. The molecule has 1 unspecified atom stereocenters. The minimum atomic E-state index is -0.916. The van der Waals surface area contributed by atoms with Crippen LogP contribution in [0.1, 0.15) is 34.4 Å². The third kappa shape index (κ3) is 3.58.